The van der Waals surface area contributed by atoms with Crippen molar-refractivity contribution in [2.45, 2.75) is 0 Å². The van der Waals surface area contributed by atoms with Crippen LogP contribution in [0.25, 0.3) is 11.1 Å². The van der Waals surface area contributed by atoms with Crippen LogP contribution in [0.4, 0.5) is 0 Å². The van der Waals surface area contributed by atoms with Gasteiger partial charge >= 0.3 is 11.9 Å². The lowest BCUT2D eigenvalue weighted by Gasteiger charge is -2.17. The summed E-state index contributed by atoms with van der Waals surface area (Å²) in [5, 5.41) is 0. The number of rotatable bonds is 5. The van der Waals surface area contributed by atoms with E-state index in [4.69, 9.17) is 37.9 Å². The van der Waals surface area contributed by atoms with Gasteiger partial charge in [-0.1, -0.05) is 0 Å². The third-order valence-electron chi connectivity index (χ3n) is 4.71. The summed E-state index contributed by atoms with van der Waals surface area (Å²) >= 11 is 0. The van der Waals surface area contributed by atoms with Gasteiger partial charge in [-0.05, 0) is 12.1 Å². The van der Waals surface area contributed by atoms with Crippen LogP contribution in [0.1, 0.15) is 20.7 Å². The molecule has 0 fully saturated rings. The van der Waals surface area contributed by atoms with E-state index in [1.807, 2.05) is 0 Å². The molecule has 0 saturated carbocycles. The Balaban J connectivity index is 2.09. The van der Waals surface area contributed by atoms with E-state index in [2.05, 4.69) is 0 Å². The number of ether oxygens (including phenoxy) is 8. The van der Waals surface area contributed by atoms with Gasteiger partial charge in [-0.25, -0.2) is 9.59 Å². The fourth-order valence-electron chi connectivity index (χ4n) is 3.42. The molecule has 2 aliphatic heterocycles. The summed E-state index contributed by atoms with van der Waals surface area (Å²) in [4.78, 5) is 25.0. The lowest BCUT2D eigenvalue weighted by Crippen LogP contribution is -2.08. The Morgan fingerprint density at radius 2 is 1.33 bits per heavy atom. The molecule has 0 aromatic heterocycles. The number of carbonyl (C=O) groups is 2. The van der Waals surface area contributed by atoms with E-state index in [0.717, 1.165) is 0 Å². The van der Waals surface area contributed by atoms with Gasteiger partial charge in [-0.3, -0.25) is 0 Å². The SMILES string of the molecule is COC(=O)c1cc(-c2c(C(=O)OC)cc(OC)c3c2OCO3)c2c(c1OC)OCO2. The molecule has 0 amide bonds. The first-order chi connectivity index (χ1) is 14.5. The van der Waals surface area contributed by atoms with Crippen LogP contribution in [0.3, 0.4) is 0 Å². The molecule has 10 nitrogen and oxygen atoms in total. The van der Waals surface area contributed by atoms with Crippen molar-refractivity contribution in [1.82, 2.24) is 0 Å². The smallest absolute Gasteiger partial charge is 0.341 e. The van der Waals surface area contributed by atoms with E-state index in [1.54, 1.807) is 0 Å². The monoisotopic (exact) mass is 418 g/mol. The van der Waals surface area contributed by atoms with E-state index < -0.39 is 11.9 Å². The van der Waals surface area contributed by atoms with Crippen molar-refractivity contribution in [3.8, 4) is 45.6 Å². The van der Waals surface area contributed by atoms with Crippen molar-refractivity contribution in [2.24, 2.45) is 0 Å². The Labute approximate surface area is 171 Å². The van der Waals surface area contributed by atoms with Crippen molar-refractivity contribution >= 4 is 11.9 Å². The Kier molecular flexibility index (Phi) is 4.90. The zero-order valence-electron chi connectivity index (χ0n) is 16.7. The number of hydrogen-bond donors (Lipinski definition) is 0. The minimum absolute atomic E-state index is 0.0805. The van der Waals surface area contributed by atoms with Gasteiger partial charge in [-0.15, -0.1) is 0 Å². The molecule has 10 heteroatoms. The average Bonchev–Trinajstić information content (AvgIpc) is 3.45. The molecule has 0 radical (unpaired) electrons. The van der Waals surface area contributed by atoms with Crippen LogP contribution in [0, 0.1) is 0 Å². The second kappa shape index (κ2) is 7.54. The molecule has 30 heavy (non-hydrogen) atoms. The zero-order valence-corrected chi connectivity index (χ0v) is 16.7. The summed E-state index contributed by atoms with van der Waals surface area (Å²) in [6.45, 7) is -0.185. The first-order valence-electron chi connectivity index (χ1n) is 8.73. The summed E-state index contributed by atoms with van der Waals surface area (Å²) in [7, 11) is 5.33. The van der Waals surface area contributed by atoms with E-state index in [9.17, 15) is 9.59 Å². The van der Waals surface area contributed by atoms with Crippen molar-refractivity contribution in [2.75, 3.05) is 42.0 Å². The highest BCUT2D eigenvalue weighted by Crippen LogP contribution is 2.56. The average molecular weight is 418 g/mol. The molecule has 4 rings (SSSR count). The number of fused-ring (bicyclic) bond motifs is 2. The molecule has 0 atom stereocenters. The fourth-order valence-corrected chi connectivity index (χ4v) is 3.42. The number of carbonyl (C=O) groups excluding carboxylic acids is 2. The van der Waals surface area contributed by atoms with Crippen molar-refractivity contribution in [1.29, 1.82) is 0 Å². The normalized spacial score (nSPS) is 13.1. The van der Waals surface area contributed by atoms with Crippen molar-refractivity contribution in [3.63, 3.8) is 0 Å². The van der Waals surface area contributed by atoms with Gasteiger partial charge in [-0.2, -0.15) is 0 Å². The largest absolute Gasteiger partial charge is 0.493 e. The Morgan fingerprint density at radius 3 is 1.97 bits per heavy atom. The summed E-state index contributed by atoms with van der Waals surface area (Å²) in [6.07, 6.45) is 0. The van der Waals surface area contributed by atoms with Crippen LogP contribution in [0.15, 0.2) is 12.1 Å². The van der Waals surface area contributed by atoms with Gasteiger partial charge in [0.1, 0.15) is 5.56 Å². The third-order valence-corrected chi connectivity index (χ3v) is 4.71. The highest BCUT2D eigenvalue weighted by Gasteiger charge is 2.36. The molecule has 0 aliphatic carbocycles. The molecule has 2 heterocycles. The van der Waals surface area contributed by atoms with Crippen LogP contribution in [0.2, 0.25) is 0 Å². The molecule has 2 aromatic rings. The van der Waals surface area contributed by atoms with Gasteiger partial charge < -0.3 is 37.9 Å². The summed E-state index contributed by atoms with van der Waals surface area (Å²) in [5.74, 6) is 0.166. The summed E-state index contributed by atoms with van der Waals surface area (Å²) < 4.78 is 42.9. The number of hydrogen-bond acceptors (Lipinski definition) is 10. The van der Waals surface area contributed by atoms with Crippen LogP contribution in [0.5, 0.6) is 34.5 Å². The minimum atomic E-state index is -0.659. The highest BCUT2D eigenvalue weighted by atomic mass is 16.7. The Hall–Kier alpha value is -3.82. The lowest BCUT2D eigenvalue weighted by molar-refractivity contribution is 0.0590. The van der Waals surface area contributed by atoms with E-state index in [-0.39, 0.29) is 47.7 Å². The molecule has 0 unspecified atom stereocenters. The molecule has 158 valence electrons. The maximum absolute atomic E-state index is 12.6. The third kappa shape index (κ3) is 2.79. The van der Waals surface area contributed by atoms with Gasteiger partial charge in [0.25, 0.3) is 0 Å². The summed E-state index contributed by atoms with van der Waals surface area (Å²) in [5.41, 5.74) is 0.842. The number of methoxy groups -OCH3 is 4. The van der Waals surface area contributed by atoms with E-state index in [0.29, 0.717) is 22.6 Å². The van der Waals surface area contributed by atoms with Crippen LogP contribution in [-0.4, -0.2) is 54.0 Å². The first-order valence-corrected chi connectivity index (χ1v) is 8.73. The molecule has 2 aliphatic rings. The standard InChI is InChI=1S/C20H18O10/c1-23-12-6-10(19(21)25-3)13(17-16(12)28-8-29-17)9-5-11(20(22)26-4)14(24-2)18-15(9)27-7-30-18/h5-6H,7-8H2,1-4H3. The van der Waals surface area contributed by atoms with Crippen LogP contribution >= 0.6 is 0 Å². The molecule has 2 aromatic carbocycles. The van der Waals surface area contributed by atoms with Crippen molar-refractivity contribution < 1.29 is 47.5 Å². The van der Waals surface area contributed by atoms with Crippen LogP contribution < -0.4 is 28.4 Å². The quantitative estimate of drug-likeness (QED) is 0.672. The minimum Gasteiger partial charge on any atom is -0.493 e. The number of benzene rings is 2. The van der Waals surface area contributed by atoms with Gasteiger partial charge in [0.2, 0.25) is 25.1 Å². The number of esters is 2. The Morgan fingerprint density at radius 1 is 0.733 bits per heavy atom. The van der Waals surface area contributed by atoms with Gasteiger partial charge in [0.15, 0.2) is 23.0 Å². The first kappa shape index (κ1) is 19.5. The van der Waals surface area contributed by atoms with Crippen molar-refractivity contribution in [3.05, 3.63) is 23.3 Å². The molecule has 0 spiro atoms. The van der Waals surface area contributed by atoms with E-state index >= 15 is 0 Å². The molecule has 0 N–H and O–H groups in total. The lowest BCUT2D eigenvalue weighted by atomic mass is 9.94. The highest BCUT2D eigenvalue weighted by molar-refractivity contribution is 6.05. The predicted octanol–water partition coefficient (Wildman–Crippen LogP) is 2.40. The van der Waals surface area contributed by atoms with E-state index in [1.165, 1.54) is 40.6 Å². The summed E-state index contributed by atoms with van der Waals surface area (Å²) in [6, 6.07) is 2.95. The maximum Gasteiger partial charge on any atom is 0.341 e. The maximum atomic E-state index is 12.6. The Bertz CT molecular complexity index is 1040. The zero-order chi connectivity index (χ0) is 21.4. The molecule has 0 bridgehead atoms. The molecule has 0 saturated heterocycles. The molecular weight excluding hydrogens is 400 g/mol. The predicted molar refractivity (Wildman–Crippen MR) is 99.9 cm³/mol. The van der Waals surface area contributed by atoms with Gasteiger partial charge in [0.05, 0.1) is 34.0 Å². The van der Waals surface area contributed by atoms with Gasteiger partial charge in [0, 0.05) is 11.1 Å². The molecular formula is C20H18O10. The van der Waals surface area contributed by atoms with Crippen LogP contribution in [-0.2, 0) is 9.47 Å². The topological polar surface area (TPSA) is 108 Å². The second-order valence-corrected chi connectivity index (χ2v) is 6.12. The fraction of sp³-hybridized carbons (Fsp3) is 0.300. The second-order valence-electron chi connectivity index (χ2n) is 6.12.